The van der Waals surface area contributed by atoms with E-state index in [0.717, 1.165) is 5.56 Å². The standard InChI is InChI=1S/C21H19ClF6N2O2/c22-17-3-1-14(2-4-17)12-29-5-7-30(8-6-29)19(31)13-32-18-10-15(20(23,24)25)9-16(11-18)21(26,27)28/h1-4,9-11H,5-8,12-13H2. The average molecular weight is 481 g/mol. The third-order valence-corrected chi connectivity index (χ3v) is 5.22. The molecule has 3 rings (SSSR count). The number of halogens is 7. The number of carbonyl (C=O) groups is 1. The van der Waals surface area contributed by atoms with E-state index >= 15 is 0 Å². The maximum absolute atomic E-state index is 12.9. The zero-order chi connectivity index (χ0) is 23.5. The average Bonchev–Trinajstić information content (AvgIpc) is 2.73. The van der Waals surface area contributed by atoms with Gasteiger partial charge in [-0.05, 0) is 35.9 Å². The van der Waals surface area contributed by atoms with Crippen LogP contribution in [-0.2, 0) is 23.7 Å². The van der Waals surface area contributed by atoms with E-state index in [-0.39, 0.29) is 6.07 Å². The van der Waals surface area contributed by atoms with Gasteiger partial charge in [-0.1, -0.05) is 23.7 Å². The van der Waals surface area contributed by atoms with Gasteiger partial charge in [0.2, 0.25) is 0 Å². The predicted octanol–water partition coefficient (Wildman–Crippen LogP) is 5.10. The molecule has 0 N–H and O–H groups in total. The number of piperazine rings is 1. The molecule has 1 fully saturated rings. The van der Waals surface area contributed by atoms with Crippen molar-refractivity contribution in [1.29, 1.82) is 0 Å². The van der Waals surface area contributed by atoms with Gasteiger partial charge < -0.3 is 9.64 Å². The van der Waals surface area contributed by atoms with Crippen LogP contribution in [0.5, 0.6) is 5.75 Å². The van der Waals surface area contributed by atoms with E-state index in [1.165, 1.54) is 4.90 Å². The molecule has 0 unspecified atom stereocenters. The fourth-order valence-corrected chi connectivity index (χ4v) is 3.38. The van der Waals surface area contributed by atoms with Crippen molar-refractivity contribution in [1.82, 2.24) is 9.80 Å². The Balaban J connectivity index is 1.56. The molecular weight excluding hydrogens is 462 g/mol. The molecule has 32 heavy (non-hydrogen) atoms. The lowest BCUT2D eigenvalue weighted by Crippen LogP contribution is -2.49. The Morgan fingerprint density at radius 3 is 1.91 bits per heavy atom. The Kier molecular flexibility index (Phi) is 7.24. The van der Waals surface area contributed by atoms with Crippen molar-refractivity contribution >= 4 is 17.5 Å². The Hall–Kier alpha value is -2.46. The molecule has 2 aromatic carbocycles. The molecular formula is C21H19ClF6N2O2. The zero-order valence-corrected chi connectivity index (χ0v) is 17.4. The first kappa shape index (κ1) is 24.2. The fourth-order valence-electron chi connectivity index (χ4n) is 3.25. The number of carbonyl (C=O) groups excluding carboxylic acids is 1. The second-order valence-electron chi connectivity index (χ2n) is 7.31. The van der Waals surface area contributed by atoms with Crippen LogP contribution in [0.2, 0.25) is 5.02 Å². The molecule has 0 radical (unpaired) electrons. The number of ether oxygens (including phenoxy) is 1. The summed E-state index contributed by atoms with van der Waals surface area (Å²) in [5, 5.41) is 0.632. The Bertz CT molecular complexity index is 907. The van der Waals surface area contributed by atoms with Crippen molar-refractivity contribution < 1.29 is 35.9 Å². The summed E-state index contributed by atoms with van der Waals surface area (Å²) < 4.78 is 82.6. The largest absolute Gasteiger partial charge is 0.484 e. The highest BCUT2D eigenvalue weighted by Crippen LogP contribution is 2.38. The first-order valence-electron chi connectivity index (χ1n) is 9.59. The summed E-state index contributed by atoms with van der Waals surface area (Å²) in [7, 11) is 0. The molecule has 0 aromatic heterocycles. The normalized spacial score (nSPS) is 15.7. The minimum Gasteiger partial charge on any atom is -0.484 e. The fraction of sp³-hybridized carbons (Fsp3) is 0.381. The van der Waals surface area contributed by atoms with Gasteiger partial charge in [0, 0.05) is 37.7 Å². The van der Waals surface area contributed by atoms with Crippen molar-refractivity contribution in [2.45, 2.75) is 18.9 Å². The topological polar surface area (TPSA) is 32.8 Å². The SMILES string of the molecule is O=C(COc1cc(C(F)(F)F)cc(C(F)(F)F)c1)N1CCN(Cc2ccc(Cl)cc2)CC1. The first-order valence-corrected chi connectivity index (χ1v) is 9.96. The third kappa shape index (κ3) is 6.52. The molecule has 0 atom stereocenters. The molecule has 4 nitrogen and oxygen atoms in total. The van der Waals surface area contributed by atoms with Crippen molar-refractivity contribution in [2.24, 2.45) is 0 Å². The van der Waals surface area contributed by atoms with Gasteiger partial charge in [0.15, 0.2) is 6.61 Å². The van der Waals surface area contributed by atoms with Crippen LogP contribution in [0, 0.1) is 0 Å². The van der Waals surface area contributed by atoms with Gasteiger partial charge in [-0.3, -0.25) is 9.69 Å². The van der Waals surface area contributed by atoms with Crippen LogP contribution in [0.1, 0.15) is 16.7 Å². The van der Waals surface area contributed by atoms with Crippen LogP contribution in [0.25, 0.3) is 0 Å². The van der Waals surface area contributed by atoms with Crippen LogP contribution in [-0.4, -0.2) is 48.5 Å². The van der Waals surface area contributed by atoms with Gasteiger partial charge in [0.1, 0.15) is 5.75 Å². The zero-order valence-electron chi connectivity index (χ0n) is 16.6. The van der Waals surface area contributed by atoms with Crippen LogP contribution >= 0.6 is 11.6 Å². The third-order valence-electron chi connectivity index (χ3n) is 4.97. The van der Waals surface area contributed by atoms with Crippen molar-refractivity contribution in [3.05, 3.63) is 64.2 Å². The number of rotatable bonds is 5. The van der Waals surface area contributed by atoms with E-state index < -0.39 is 41.7 Å². The summed E-state index contributed by atoms with van der Waals surface area (Å²) in [6.07, 6.45) is -9.96. The van der Waals surface area contributed by atoms with Crippen molar-refractivity contribution in [3.8, 4) is 5.75 Å². The van der Waals surface area contributed by atoms with Crippen LogP contribution in [0.15, 0.2) is 42.5 Å². The summed E-state index contributed by atoms with van der Waals surface area (Å²) in [5.74, 6) is -1.18. The molecule has 1 heterocycles. The molecule has 0 aliphatic carbocycles. The molecule has 0 saturated carbocycles. The van der Waals surface area contributed by atoms with E-state index in [1.807, 2.05) is 12.1 Å². The van der Waals surface area contributed by atoms with Gasteiger partial charge in [-0.15, -0.1) is 0 Å². The van der Waals surface area contributed by atoms with Gasteiger partial charge >= 0.3 is 12.4 Å². The highest BCUT2D eigenvalue weighted by Gasteiger charge is 2.37. The highest BCUT2D eigenvalue weighted by atomic mass is 35.5. The van der Waals surface area contributed by atoms with Crippen LogP contribution in [0.4, 0.5) is 26.3 Å². The highest BCUT2D eigenvalue weighted by molar-refractivity contribution is 6.30. The van der Waals surface area contributed by atoms with Gasteiger partial charge in [0.05, 0.1) is 11.1 Å². The van der Waals surface area contributed by atoms with E-state index in [9.17, 15) is 31.1 Å². The minimum absolute atomic E-state index is 0.00852. The maximum Gasteiger partial charge on any atom is 0.416 e. The lowest BCUT2D eigenvalue weighted by Gasteiger charge is -2.34. The molecule has 0 bridgehead atoms. The lowest BCUT2D eigenvalue weighted by molar-refractivity contribution is -0.143. The summed E-state index contributed by atoms with van der Waals surface area (Å²) >= 11 is 5.86. The Labute approximate surface area is 185 Å². The molecule has 1 saturated heterocycles. The smallest absolute Gasteiger partial charge is 0.416 e. The monoisotopic (exact) mass is 480 g/mol. The predicted molar refractivity (Wildman–Crippen MR) is 105 cm³/mol. The second kappa shape index (κ2) is 9.58. The first-order chi connectivity index (χ1) is 14.9. The lowest BCUT2D eigenvalue weighted by atomic mass is 10.1. The van der Waals surface area contributed by atoms with Crippen LogP contribution < -0.4 is 4.74 Å². The summed E-state index contributed by atoms with van der Waals surface area (Å²) in [6.45, 7) is 1.88. The quantitative estimate of drug-likeness (QED) is 0.558. The molecule has 174 valence electrons. The minimum atomic E-state index is -4.98. The number of alkyl halides is 6. The molecule has 11 heteroatoms. The van der Waals surface area contributed by atoms with E-state index in [0.29, 0.717) is 49.9 Å². The second-order valence-corrected chi connectivity index (χ2v) is 7.75. The van der Waals surface area contributed by atoms with Crippen molar-refractivity contribution in [3.63, 3.8) is 0 Å². The van der Waals surface area contributed by atoms with E-state index in [1.54, 1.807) is 12.1 Å². The summed E-state index contributed by atoms with van der Waals surface area (Å²) in [5.41, 5.74) is -1.93. The van der Waals surface area contributed by atoms with E-state index in [4.69, 9.17) is 16.3 Å². The van der Waals surface area contributed by atoms with Gasteiger partial charge in [-0.2, -0.15) is 26.3 Å². The number of hydrogen-bond acceptors (Lipinski definition) is 3. The summed E-state index contributed by atoms with van der Waals surface area (Å²) in [4.78, 5) is 16.0. The van der Waals surface area contributed by atoms with E-state index in [2.05, 4.69) is 4.90 Å². The van der Waals surface area contributed by atoms with Gasteiger partial charge in [-0.25, -0.2) is 0 Å². The van der Waals surface area contributed by atoms with Crippen molar-refractivity contribution in [2.75, 3.05) is 32.8 Å². The number of nitrogens with zero attached hydrogens (tertiary/aromatic N) is 2. The Morgan fingerprint density at radius 1 is 0.875 bits per heavy atom. The van der Waals surface area contributed by atoms with Gasteiger partial charge in [0.25, 0.3) is 5.91 Å². The molecule has 0 spiro atoms. The number of benzene rings is 2. The van der Waals surface area contributed by atoms with Crippen LogP contribution in [0.3, 0.4) is 0 Å². The molecule has 1 aliphatic rings. The Morgan fingerprint density at radius 2 is 1.41 bits per heavy atom. The molecule has 1 amide bonds. The maximum atomic E-state index is 12.9. The number of amides is 1. The molecule has 2 aromatic rings. The number of hydrogen-bond donors (Lipinski definition) is 0. The molecule has 1 aliphatic heterocycles. The summed E-state index contributed by atoms with van der Waals surface area (Å²) in [6, 6.07) is 8.28.